The molecule has 2 heterocycles. The number of H-pyrrole nitrogens is 1. The number of imidazole rings is 1. The Kier molecular flexibility index (Phi) is 14.0. The highest BCUT2D eigenvalue weighted by molar-refractivity contribution is 5.89. The fourth-order valence-corrected chi connectivity index (χ4v) is 5.04. The second kappa shape index (κ2) is 17.7. The van der Waals surface area contributed by atoms with Crippen LogP contribution in [0.1, 0.15) is 69.8 Å². The Bertz CT molecular complexity index is 997. The second-order valence-corrected chi connectivity index (χ2v) is 10.3. The van der Waals surface area contributed by atoms with Crippen LogP contribution in [0.25, 0.3) is 0 Å². The van der Waals surface area contributed by atoms with Crippen molar-refractivity contribution in [2.75, 3.05) is 45.9 Å². The van der Waals surface area contributed by atoms with Gasteiger partial charge in [0.15, 0.2) is 0 Å². The standard InChI is InChI=1S/C31H48N6O2/c1-4-18-35(19-5-2)20-7-8-21-36(26-31(38)39-6-3)22-27-11-13-28(14-12-27)23-37(24-29-10-9-15-32-29)25-30-33-16-17-34-30/h9,11-17H,4-8,10,18-26H2,1-3H3,(H,33,34). The Balaban J connectivity index is 1.56. The first-order valence-electron chi connectivity index (χ1n) is 14.7. The van der Waals surface area contributed by atoms with Gasteiger partial charge in [-0.2, -0.15) is 0 Å². The number of carbonyl (C=O) groups excluding carboxylic acids is 1. The first-order chi connectivity index (χ1) is 19.1. The molecule has 1 aliphatic heterocycles. The summed E-state index contributed by atoms with van der Waals surface area (Å²) in [5.41, 5.74) is 3.64. The molecule has 0 bridgehead atoms. The minimum absolute atomic E-state index is 0.148. The van der Waals surface area contributed by atoms with Gasteiger partial charge in [-0.1, -0.05) is 44.2 Å². The average Bonchev–Trinajstić information content (AvgIpc) is 3.63. The summed E-state index contributed by atoms with van der Waals surface area (Å²) in [6, 6.07) is 8.79. The third kappa shape index (κ3) is 11.9. The zero-order valence-corrected chi connectivity index (χ0v) is 24.3. The maximum atomic E-state index is 12.3. The van der Waals surface area contributed by atoms with Gasteiger partial charge in [-0.3, -0.25) is 19.6 Å². The summed E-state index contributed by atoms with van der Waals surface area (Å²) in [6.07, 6.45) is 13.2. The molecular formula is C31H48N6O2. The van der Waals surface area contributed by atoms with Crippen LogP contribution in [0.2, 0.25) is 0 Å². The number of aromatic nitrogens is 2. The molecule has 0 unspecified atom stereocenters. The molecule has 1 aromatic carbocycles. The number of ether oxygens (including phenoxy) is 1. The van der Waals surface area contributed by atoms with Gasteiger partial charge in [0, 0.05) is 50.4 Å². The van der Waals surface area contributed by atoms with E-state index in [0.717, 1.165) is 77.4 Å². The molecule has 0 aliphatic carbocycles. The summed E-state index contributed by atoms with van der Waals surface area (Å²) in [4.78, 5) is 31.6. The largest absolute Gasteiger partial charge is 0.465 e. The van der Waals surface area contributed by atoms with E-state index in [-0.39, 0.29) is 5.97 Å². The molecule has 0 radical (unpaired) electrons. The van der Waals surface area contributed by atoms with Crippen molar-refractivity contribution >= 4 is 11.7 Å². The highest BCUT2D eigenvalue weighted by Crippen LogP contribution is 2.14. The quantitative estimate of drug-likeness (QED) is 0.189. The van der Waals surface area contributed by atoms with Crippen LogP contribution in [0, 0.1) is 0 Å². The number of benzene rings is 1. The highest BCUT2D eigenvalue weighted by Gasteiger charge is 2.15. The maximum absolute atomic E-state index is 12.3. The molecule has 8 nitrogen and oxygen atoms in total. The molecule has 8 heteroatoms. The summed E-state index contributed by atoms with van der Waals surface area (Å²) < 4.78 is 5.26. The lowest BCUT2D eigenvalue weighted by Gasteiger charge is -2.24. The van der Waals surface area contributed by atoms with E-state index in [1.54, 1.807) is 6.20 Å². The van der Waals surface area contributed by atoms with E-state index in [2.05, 4.69) is 73.8 Å². The smallest absolute Gasteiger partial charge is 0.320 e. The Labute approximate surface area is 235 Å². The summed E-state index contributed by atoms with van der Waals surface area (Å²) in [5.74, 6) is 0.811. The second-order valence-electron chi connectivity index (χ2n) is 10.3. The summed E-state index contributed by atoms with van der Waals surface area (Å²) >= 11 is 0. The van der Waals surface area contributed by atoms with E-state index in [0.29, 0.717) is 13.2 Å². The Morgan fingerprint density at radius 3 is 2.10 bits per heavy atom. The average molecular weight is 537 g/mol. The number of esters is 1. The van der Waals surface area contributed by atoms with Crippen molar-refractivity contribution in [1.82, 2.24) is 24.7 Å². The van der Waals surface area contributed by atoms with Crippen molar-refractivity contribution in [2.24, 2.45) is 4.99 Å². The molecule has 39 heavy (non-hydrogen) atoms. The van der Waals surface area contributed by atoms with Crippen molar-refractivity contribution in [3.63, 3.8) is 0 Å². The lowest BCUT2D eigenvalue weighted by Crippen LogP contribution is -2.32. The van der Waals surface area contributed by atoms with Gasteiger partial charge in [0.2, 0.25) is 0 Å². The van der Waals surface area contributed by atoms with Gasteiger partial charge in [-0.15, -0.1) is 0 Å². The first-order valence-corrected chi connectivity index (χ1v) is 14.7. The molecule has 3 rings (SSSR count). The number of nitrogens with one attached hydrogen (secondary N) is 1. The molecule has 2 aromatic rings. The zero-order valence-electron chi connectivity index (χ0n) is 24.3. The van der Waals surface area contributed by atoms with Gasteiger partial charge >= 0.3 is 5.97 Å². The predicted molar refractivity (Wildman–Crippen MR) is 159 cm³/mol. The van der Waals surface area contributed by atoms with E-state index in [1.807, 2.05) is 19.3 Å². The van der Waals surface area contributed by atoms with E-state index in [9.17, 15) is 4.79 Å². The lowest BCUT2D eigenvalue weighted by atomic mass is 10.1. The number of aliphatic imine (C=N–C) groups is 1. The molecule has 0 fully saturated rings. The van der Waals surface area contributed by atoms with Crippen molar-refractivity contribution in [3.8, 4) is 0 Å². The topological polar surface area (TPSA) is 77.1 Å². The van der Waals surface area contributed by atoms with Crippen molar-refractivity contribution in [2.45, 2.75) is 72.5 Å². The normalized spacial score (nSPS) is 13.1. The third-order valence-electron chi connectivity index (χ3n) is 6.82. The summed E-state index contributed by atoms with van der Waals surface area (Å²) in [7, 11) is 0. The summed E-state index contributed by atoms with van der Waals surface area (Å²) in [5, 5.41) is 0. The Hall–Kier alpha value is -2.81. The molecule has 1 N–H and O–H groups in total. The number of rotatable bonds is 20. The number of hydrogen-bond acceptors (Lipinski definition) is 7. The van der Waals surface area contributed by atoms with Crippen LogP contribution >= 0.6 is 0 Å². The van der Waals surface area contributed by atoms with Gasteiger partial charge in [0.1, 0.15) is 5.82 Å². The van der Waals surface area contributed by atoms with Crippen LogP contribution in [0.4, 0.5) is 0 Å². The number of aromatic amines is 1. The monoisotopic (exact) mass is 536 g/mol. The van der Waals surface area contributed by atoms with Crippen molar-refractivity contribution < 1.29 is 9.53 Å². The van der Waals surface area contributed by atoms with Crippen LogP contribution < -0.4 is 0 Å². The van der Waals surface area contributed by atoms with E-state index in [1.165, 1.54) is 29.7 Å². The van der Waals surface area contributed by atoms with Gasteiger partial charge < -0.3 is 14.6 Å². The highest BCUT2D eigenvalue weighted by atomic mass is 16.5. The van der Waals surface area contributed by atoms with Crippen molar-refractivity contribution in [3.05, 3.63) is 65.9 Å². The van der Waals surface area contributed by atoms with Gasteiger partial charge in [-0.25, -0.2) is 4.98 Å². The fraction of sp³-hybridized carbons (Fsp3) is 0.581. The molecular weight excluding hydrogens is 488 g/mol. The van der Waals surface area contributed by atoms with Gasteiger partial charge in [0.05, 0.1) is 19.7 Å². The first kappa shape index (κ1) is 30.7. The van der Waals surface area contributed by atoms with Crippen LogP contribution in [0.3, 0.4) is 0 Å². The predicted octanol–water partition coefficient (Wildman–Crippen LogP) is 5.04. The van der Waals surface area contributed by atoms with Crippen LogP contribution in [-0.4, -0.2) is 82.2 Å². The SMILES string of the molecule is CCCN(CCC)CCCCN(CC(=O)OCC)Cc1ccc(CN(CC2=NC=CC2)Cc2ncc[nH]2)cc1. The fourth-order valence-electron chi connectivity index (χ4n) is 5.04. The lowest BCUT2D eigenvalue weighted by molar-refractivity contribution is -0.144. The number of nitrogens with zero attached hydrogens (tertiary/aromatic N) is 5. The molecule has 0 saturated heterocycles. The maximum Gasteiger partial charge on any atom is 0.320 e. The van der Waals surface area contributed by atoms with Crippen LogP contribution in [0.15, 0.2) is 53.9 Å². The van der Waals surface area contributed by atoms with Crippen LogP contribution in [0.5, 0.6) is 0 Å². The molecule has 1 aromatic heterocycles. The summed E-state index contributed by atoms with van der Waals surface area (Å²) in [6.45, 7) is 14.6. The Morgan fingerprint density at radius 2 is 1.54 bits per heavy atom. The third-order valence-corrected chi connectivity index (χ3v) is 6.82. The molecule has 0 spiro atoms. The number of unbranched alkanes of at least 4 members (excludes halogenated alkanes) is 1. The van der Waals surface area contributed by atoms with Crippen LogP contribution in [-0.2, 0) is 29.2 Å². The van der Waals surface area contributed by atoms with Crippen molar-refractivity contribution in [1.29, 1.82) is 0 Å². The van der Waals surface area contributed by atoms with E-state index >= 15 is 0 Å². The molecule has 0 atom stereocenters. The Morgan fingerprint density at radius 1 is 0.872 bits per heavy atom. The molecule has 1 aliphatic rings. The van der Waals surface area contributed by atoms with E-state index in [4.69, 9.17) is 4.74 Å². The van der Waals surface area contributed by atoms with E-state index < -0.39 is 0 Å². The number of hydrogen-bond donors (Lipinski definition) is 1. The molecule has 0 saturated carbocycles. The zero-order chi connectivity index (χ0) is 27.7. The van der Waals surface area contributed by atoms with Gasteiger partial charge in [0.25, 0.3) is 0 Å². The molecule has 0 amide bonds. The molecule has 214 valence electrons. The number of carbonyl (C=O) groups is 1. The number of allylic oxidation sites excluding steroid dienone is 1. The minimum atomic E-state index is -0.148. The van der Waals surface area contributed by atoms with Gasteiger partial charge in [-0.05, 0) is 69.9 Å². The minimum Gasteiger partial charge on any atom is -0.465 e.